The summed E-state index contributed by atoms with van der Waals surface area (Å²) in [6, 6.07) is 0. The van der Waals surface area contributed by atoms with E-state index in [-0.39, 0.29) is 12.1 Å². The standard InChI is InChI=1S/C11H18O3/c1-7(2)10-8(3)5-6-9(14-10)11(12)13-4/h5-10H,1-4H3/t8-,9+,10-/m1/s1. The van der Waals surface area contributed by atoms with Gasteiger partial charge in [0.05, 0.1) is 13.2 Å². The van der Waals surface area contributed by atoms with Crippen molar-refractivity contribution in [3.05, 3.63) is 12.2 Å². The molecule has 1 rings (SSSR count). The normalized spacial score (nSPS) is 31.9. The van der Waals surface area contributed by atoms with E-state index in [9.17, 15) is 4.79 Å². The zero-order valence-electron chi connectivity index (χ0n) is 9.19. The molecule has 3 heteroatoms. The highest BCUT2D eigenvalue weighted by atomic mass is 16.6. The van der Waals surface area contributed by atoms with Crippen LogP contribution in [0.1, 0.15) is 20.8 Å². The van der Waals surface area contributed by atoms with E-state index in [1.807, 2.05) is 6.08 Å². The molecule has 0 aliphatic carbocycles. The van der Waals surface area contributed by atoms with E-state index in [1.54, 1.807) is 6.08 Å². The third-order valence-corrected chi connectivity index (χ3v) is 2.50. The van der Waals surface area contributed by atoms with Crippen LogP contribution >= 0.6 is 0 Å². The second kappa shape index (κ2) is 4.60. The molecule has 0 spiro atoms. The number of carbonyl (C=O) groups is 1. The molecule has 0 N–H and O–H groups in total. The van der Waals surface area contributed by atoms with Crippen molar-refractivity contribution in [3.8, 4) is 0 Å². The molecule has 1 heterocycles. The summed E-state index contributed by atoms with van der Waals surface area (Å²) in [7, 11) is 1.38. The molecule has 1 aliphatic heterocycles. The lowest BCUT2D eigenvalue weighted by Crippen LogP contribution is -2.38. The summed E-state index contributed by atoms with van der Waals surface area (Å²) >= 11 is 0. The maximum atomic E-state index is 11.2. The van der Waals surface area contributed by atoms with Gasteiger partial charge in [0.2, 0.25) is 0 Å². The number of rotatable bonds is 2. The molecule has 0 bridgehead atoms. The average molecular weight is 198 g/mol. The van der Waals surface area contributed by atoms with Gasteiger partial charge in [-0.15, -0.1) is 0 Å². The minimum atomic E-state index is -0.524. The summed E-state index contributed by atoms with van der Waals surface area (Å²) in [5.41, 5.74) is 0. The van der Waals surface area contributed by atoms with E-state index >= 15 is 0 Å². The Bertz CT molecular complexity index is 233. The van der Waals surface area contributed by atoms with Gasteiger partial charge in [-0.25, -0.2) is 4.79 Å². The SMILES string of the molecule is COC(=O)[C@@H]1C=C[C@@H](C)[C@@H](C(C)C)O1. The molecule has 0 aromatic carbocycles. The fourth-order valence-corrected chi connectivity index (χ4v) is 1.74. The highest BCUT2D eigenvalue weighted by molar-refractivity contribution is 5.76. The molecule has 0 aromatic heterocycles. The summed E-state index contributed by atoms with van der Waals surface area (Å²) in [6.45, 7) is 6.28. The lowest BCUT2D eigenvalue weighted by atomic mass is 9.92. The first kappa shape index (κ1) is 11.2. The van der Waals surface area contributed by atoms with Gasteiger partial charge in [-0.1, -0.05) is 26.8 Å². The summed E-state index contributed by atoms with van der Waals surface area (Å²) in [5.74, 6) is 0.441. The van der Waals surface area contributed by atoms with Gasteiger partial charge in [-0.2, -0.15) is 0 Å². The lowest BCUT2D eigenvalue weighted by molar-refractivity contribution is -0.158. The molecule has 3 nitrogen and oxygen atoms in total. The molecule has 0 aromatic rings. The van der Waals surface area contributed by atoms with Gasteiger partial charge >= 0.3 is 5.97 Å². The fraction of sp³-hybridized carbons (Fsp3) is 0.727. The Hall–Kier alpha value is -0.830. The van der Waals surface area contributed by atoms with Crippen molar-refractivity contribution in [3.63, 3.8) is 0 Å². The second-order valence-electron chi connectivity index (χ2n) is 4.03. The molecular weight excluding hydrogens is 180 g/mol. The van der Waals surface area contributed by atoms with Crippen molar-refractivity contribution in [2.75, 3.05) is 7.11 Å². The molecule has 0 unspecified atom stereocenters. The molecule has 14 heavy (non-hydrogen) atoms. The Morgan fingerprint density at radius 3 is 2.57 bits per heavy atom. The van der Waals surface area contributed by atoms with E-state index < -0.39 is 6.10 Å². The highest BCUT2D eigenvalue weighted by Gasteiger charge is 2.30. The molecule has 0 radical (unpaired) electrons. The Morgan fingerprint density at radius 2 is 2.07 bits per heavy atom. The first-order valence-corrected chi connectivity index (χ1v) is 4.98. The number of carbonyl (C=O) groups excluding carboxylic acids is 1. The fourth-order valence-electron chi connectivity index (χ4n) is 1.74. The van der Waals surface area contributed by atoms with Gasteiger partial charge in [0.1, 0.15) is 0 Å². The third kappa shape index (κ3) is 2.35. The van der Waals surface area contributed by atoms with E-state index in [0.717, 1.165) is 0 Å². The van der Waals surface area contributed by atoms with Crippen LogP contribution in [0.25, 0.3) is 0 Å². The number of ether oxygens (including phenoxy) is 2. The van der Waals surface area contributed by atoms with Crippen LogP contribution in [0.2, 0.25) is 0 Å². The zero-order valence-corrected chi connectivity index (χ0v) is 9.19. The molecule has 0 amide bonds. The van der Waals surface area contributed by atoms with Crippen LogP contribution in [0, 0.1) is 11.8 Å². The minimum Gasteiger partial charge on any atom is -0.467 e. The molecule has 0 saturated heterocycles. The third-order valence-electron chi connectivity index (χ3n) is 2.50. The summed E-state index contributed by atoms with van der Waals surface area (Å²) in [4.78, 5) is 11.2. The predicted molar refractivity (Wildman–Crippen MR) is 53.8 cm³/mol. The van der Waals surface area contributed by atoms with Crippen LogP contribution in [-0.4, -0.2) is 25.3 Å². The molecule has 0 saturated carbocycles. The van der Waals surface area contributed by atoms with Gasteiger partial charge in [-0.05, 0) is 12.0 Å². The van der Waals surface area contributed by atoms with Crippen LogP contribution in [-0.2, 0) is 14.3 Å². The van der Waals surface area contributed by atoms with Crippen molar-refractivity contribution < 1.29 is 14.3 Å². The Kier molecular flexibility index (Phi) is 3.69. The maximum Gasteiger partial charge on any atom is 0.339 e. The number of hydrogen-bond acceptors (Lipinski definition) is 3. The second-order valence-corrected chi connectivity index (χ2v) is 4.03. The summed E-state index contributed by atoms with van der Waals surface area (Å²) in [6.07, 6.45) is 3.37. The molecular formula is C11H18O3. The van der Waals surface area contributed by atoms with Crippen molar-refractivity contribution in [2.24, 2.45) is 11.8 Å². The van der Waals surface area contributed by atoms with Gasteiger partial charge in [0.15, 0.2) is 6.10 Å². The smallest absolute Gasteiger partial charge is 0.339 e. The predicted octanol–water partition coefficient (Wildman–Crippen LogP) is 1.78. The largest absolute Gasteiger partial charge is 0.467 e. The van der Waals surface area contributed by atoms with Gasteiger partial charge in [0.25, 0.3) is 0 Å². The molecule has 1 aliphatic rings. The number of esters is 1. The molecule has 3 atom stereocenters. The van der Waals surface area contributed by atoms with E-state index in [2.05, 4.69) is 25.5 Å². The van der Waals surface area contributed by atoms with E-state index in [0.29, 0.717) is 11.8 Å². The van der Waals surface area contributed by atoms with E-state index in [1.165, 1.54) is 7.11 Å². The van der Waals surface area contributed by atoms with Gasteiger partial charge in [0, 0.05) is 5.92 Å². The molecule has 0 fully saturated rings. The lowest BCUT2D eigenvalue weighted by Gasteiger charge is -2.31. The van der Waals surface area contributed by atoms with Crippen LogP contribution in [0.5, 0.6) is 0 Å². The van der Waals surface area contributed by atoms with Crippen LogP contribution in [0.3, 0.4) is 0 Å². The van der Waals surface area contributed by atoms with Crippen molar-refractivity contribution >= 4 is 5.97 Å². The summed E-state index contributed by atoms with van der Waals surface area (Å²) < 4.78 is 10.3. The average Bonchev–Trinajstić information content (AvgIpc) is 2.17. The minimum absolute atomic E-state index is 0.101. The monoisotopic (exact) mass is 198 g/mol. The Labute approximate surface area is 85.1 Å². The topological polar surface area (TPSA) is 35.5 Å². The van der Waals surface area contributed by atoms with Gasteiger partial charge in [-0.3, -0.25) is 0 Å². The number of methoxy groups -OCH3 is 1. The van der Waals surface area contributed by atoms with E-state index in [4.69, 9.17) is 4.74 Å². The van der Waals surface area contributed by atoms with Crippen LogP contribution in [0.15, 0.2) is 12.2 Å². The molecule has 80 valence electrons. The van der Waals surface area contributed by atoms with Crippen LogP contribution in [0.4, 0.5) is 0 Å². The maximum absolute atomic E-state index is 11.2. The zero-order chi connectivity index (χ0) is 10.7. The Balaban J connectivity index is 2.69. The number of hydrogen-bond donors (Lipinski definition) is 0. The Morgan fingerprint density at radius 1 is 1.43 bits per heavy atom. The van der Waals surface area contributed by atoms with Crippen molar-refractivity contribution in [1.82, 2.24) is 0 Å². The van der Waals surface area contributed by atoms with Crippen molar-refractivity contribution in [2.45, 2.75) is 33.0 Å². The first-order chi connectivity index (χ1) is 6.56. The van der Waals surface area contributed by atoms with Crippen LogP contribution < -0.4 is 0 Å². The quantitative estimate of drug-likeness (QED) is 0.501. The highest BCUT2D eigenvalue weighted by Crippen LogP contribution is 2.24. The van der Waals surface area contributed by atoms with Crippen molar-refractivity contribution in [1.29, 1.82) is 0 Å². The summed E-state index contributed by atoms with van der Waals surface area (Å²) in [5, 5.41) is 0. The first-order valence-electron chi connectivity index (χ1n) is 4.98. The van der Waals surface area contributed by atoms with Gasteiger partial charge < -0.3 is 9.47 Å².